The number of alkyl halides is 1. The quantitative estimate of drug-likeness (QED) is 0.736. The Morgan fingerprint density at radius 1 is 1.60 bits per heavy atom. The van der Waals surface area contributed by atoms with Crippen molar-refractivity contribution in [2.45, 2.75) is 32.2 Å². The third kappa shape index (κ3) is 3.65. The Labute approximate surface area is 96.5 Å². The van der Waals surface area contributed by atoms with Gasteiger partial charge in [0.1, 0.15) is 0 Å². The highest BCUT2D eigenvalue weighted by molar-refractivity contribution is 6.18. The van der Waals surface area contributed by atoms with Crippen LogP contribution in [0.15, 0.2) is 0 Å². The molecule has 1 N–H and O–H groups in total. The first kappa shape index (κ1) is 12.8. The molecule has 0 aromatic heterocycles. The van der Waals surface area contributed by atoms with E-state index in [2.05, 4.69) is 12.2 Å². The summed E-state index contributed by atoms with van der Waals surface area (Å²) in [5.74, 6) is 1.22. The van der Waals surface area contributed by atoms with Crippen molar-refractivity contribution in [2.24, 2.45) is 11.8 Å². The van der Waals surface area contributed by atoms with Crippen LogP contribution in [0.5, 0.6) is 0 Å². The van der Waals surface area contributed by atoms with Crippen molar-refractivity contribution in [3.8, 4) is 0 Å². The second-order valence-corrected chi connectivity index (χ2v) is 4.64. The van der Waals surface area contributed by atoms with Crippen LogP contribution in [0.25, 0.3) is 0 Å². The molecule has 3 nitrogen and oxygen atoms in total. The van der Waals surface area contributed by atoms with Crippen LogP contribution in [-0.4, -0.2) is 31.5 Å². The van der Waals surface area contributed by atoms with Gasteiger partial charge in [0.25, 0.3) is 0 Å². The zero-order valence-electron chi connectivity index (χ0n) is 9.46. The van der Waals surface area contributed by atoms with E-state index in [1.165, 1.54) is 0 Å². The number of hydrogen-bond acceptors (Lipinski definition) is 2. The lowest BCUT2D eigenvalue weighted by atomic mass is 9.97. The Bertz CT molecular complexity index is 211. The van der Waals surface area contributed by atoms with Crippen LogP contribution < -0.4 is 5.32 Å². The average Bonchev–Trinajstić information content (AvgIpc) is 2.63. The molecule has 1 aliphatic carbocycles. The van der Waals surface area contributed by atoms with Gasteiger partial charge < -0.3 is 10.1 Å². The minimum atomic E-state index is -0.0584. The minimum absolute atomic E-state index is 0.0584. The summed E-state index contributed by atoms with van der Waals surface area (Å²) in [6.07, 6.45) is 3.33. The Kier molecular flexibility index (Phi) is 5.40. The minimum Gasteiger partial charge on any atom is -0.383 e. The van der Waals surface area contributed by atoms with Crippen molar-refractivity contribution in [1.82, 2.24) is 5.32 Å². The maximum absolute atomic E-state index is 11.9. The number of nitrogens with one attached hydrogen (secondary N) is 1. The van der Waals surface area contributed by atoms with Gasteiger partial charge in [-0.2, -0.15) is 0 Å². The molecular weight excluding hydrogens is 214 g/mol. The van der Waals surface area contributed by atoms with Gasteiger partial charge in [-0.1, -0.05) is 13.3 Å². The van der Waals surface area contributed by atoms with Crippen LogP contribution in [0.1, 0.15) is 26.2 Å². The standard InChI is InChI=1S/C11H20ClNO2/c1-8-4-3-5-10(8)11(14)13-9(6-12)7-15-2/h8-10H,3-7H2,1-2H3,(H,13,14). The third-order valence-electron chi connectivity index (χ3n) is 3.10. The van der Waals surface area contributed by atoms with E-state index in [1.807, 2.05) is 0 Å². The number of ether oxygens (including phenoxy) is 1. The van der Waals surface area contributed by atoms with Gasteiger partial charge in [0, 0.05) is 18.9 Å². The highest BCUT2D eigenvalue weighted by atomic mass is 35.5. The molecule has 0 saturated heterocycles. The number of methoxy groups -OCH3 is 1. The first-order valence-corrected chi connectivity index (χ1v) is 6.07. The third-order valence-corrected chi connectivity index (χ3v) is 3.47. The van der Waals surface area contributed by atoms with Gasteiger partial charge >= 0.3 is 0 Å². The molecule has 88 valence electrons. The molecule has 1 rings (SSSR count). The predicted molar refractivity (Wildman–Crippen MR) is 61.0 cm³/mol. The predicted octanol–water partition coefficient (Wildman–Crippen LogP) is 1.79. The van der Waals surface area contributed by atoms with Crippen LogP contribution in [0.3, 0.4) is 0 Å². The van der Waals surface area contributed by atoms with E-state index in [0.29, 0.717) is 18.4 Å². The molecule has 0 aromatic rings. The molecule has 4 heteroatoms. The van der Waals surface area contributed by atoms with E-state index in [-0.39, 0.29) is 17.9 Å². The summed E-state index contributed by atoms with van der Waals surface area (Å²) >= 11 is 5.74. The summed E-state index contributed by atoms with van der Waals surface area (Å²) in [6.45, 7) is 2.62. The number of carbonyl (C=O) groups excluding carboxylic acids is 1. The molecule has 0 radical (unpaired) electrons. The second-order valence-electron chi connectivity index (χ2n) is 4.33. The lowest BCUT2D eigenvalue weighted by molar-refractivity contribution is -0.126. The highest BCUT2D eigenvalue weighted by Gasteiger charge is 2.30. The lowest BCUT2D eigenvalue weighted by Crippen LogP contribution is -2.43. The van der Waals surface area contributed by atoms with Crippen molar-refractivity contribution < 1.29 is 9.53 Å². The Morgan fingerprint density at radius 3 is 2.80 bits per heavy atom. The fourth-order valence-corrected chi connectivity index (χ4v) is 2.34. The largest absolute Gasteiger partial charge is 0.383 e. The Balaban J connectivity index is 2.39. The number of hydrogen-bond donors (Lipinski definition) is 1. The van der Waals surface area contributed by atoms with Crippen LogP contribution in [0.2, 0.25) is 0 Å². The summed E-state index contributed by atoms with van der Waals surface area (Å²) in [5, 5.41) is 2.94. The van der Waals surface area contributed by atoms with Crippen LogP contribution in [-0.2, 0) is 9.53 Å². The molecule has 0 aliphatic heterocycles. The monoisotopic (exact) mass is 233 g/mol. The van der Waals surface area contributed by atoms with E-state index in [9.17, 15) is 4.79 Å². The fraction of sp³-hybridized carbons (Fsp3) is 0.909. The topological polar surface area (TPSA) is 38.3 Å². The molecule has 1 fully saturated rings. The summed E-state index contributed by atoms with van der Waals surface area (Å²) in [7, 11) is 1.61. The van der Waals surface area contributed by atoms with Crippen molar-refractivity contribution in [2.75, 3.05) is 19.6 Å². The summed E-state index contributed by atoms with van der Waals surface area (Å²) < 4.78 is 4.99. The Morgan fingerprint density at radius 2 is 2.33 bits per heavy atom. The van der Waals surface area contributed by atoms with E-state index in [1.54, 1.807) is 7.11 Å². The summed E-state index contributed by atoms with van der Waals surface area (Å²) in [6, 6.07) is -0.0584. The van der Waals surface area contributed by atoms with Gasteiger partial charge in [0.15, 0.2) is 0 Å². The number of halogens is 1. The molecule has 0 spiro atoms. The Hall–Kier alpha value is -0.280. The second kappa shape index (κ2) is 6.33. The molecule has 3 unspecified atom stereocenters. The maximum Gasteiger partial charge on any atom is 0.223 e. The first-order valence-electron chi connectivity index (χ1n) is 5.54. The number of carbonyl (C=O) groups is 1. The normalized spacial score (nSPS) is 27.7. The lowest BCUT2D eigenvalue weighted by Gasteiger charge is -2.20. The van der Waals surface area contributed by atoms with Crippen molar-refractivity contribution >= 4 is 17.5 Å². The first-order chi connectivity index (χ1) is 7.19. The molecule has 3 atom stereocenters. The van der Waals surface area contributed by atoms with E-state index in [4.69, 9.17) is 16.3 Å². The molecule has 1 aliphatic rings. The molecule has 15 heavy (non-hydrogen) atoms. The zero-order chi connectivity index (χ0) is 11.3. The summed E-state index contributed by atoms with van der Waals surface area (Å²) in [4.78, 5) is 11.9. The van der Waals surface area contributed by atoms with Gasteiger partial charge in [-0.3, -0.25) is 4.79 Å². The maximum atomic E-state index is 11.9. The molecule has 0 aromatic carbocycles. The smallest absolute Gasteiger partial charge is 0.223 e. The van der Waals surface area contributed by atoms with E-state index >= 15 is 0 Å². The van der Waals surface area contributed by atoms with Crippen LogP contribution in [0.4, 0.5) is 0 Å². The average molecular weight is 234 g/mol. The van der Waals surface area contributed by atoms with Crippen molar-refractivity contribution in [3.05, 3.63) is 0 Å². The molecule has 0 heterocycles. The van der Waals surface area contributed by atoms with Gasteiger partial charge in [-0.05, 0) is 18.8 Å². The van der Waals surface area contributed by atoms with Gasteiger partial charge in [-0.25, -0.2) is 0 Å². The van der Waals surface area contributed by atoms with Gasteiger partial charge in [0.05, 0.1) is 12.6 Å². The molecule has 0 bridgehead atoms. The van der Waals surface area contributed by atoms with E-state index < -0.39 is 0 Å². The number of rotatable bonds is 5. The van der Waals surface area contributed by atoms with Gasteiger partial charge in [-0.15, -0.1) is 11.6 Å². The molecular formula is C11H20ClNO2. The molecule has 1 saturated carbocycles. The van der Waals surface area contributed by atoms with Crippen molar-refractivity contribution in [1.29, 1.82) is 0 Å². The highest BCUT2D eigenvalue weighted by Crippen LogP contribution is 2.31. The van der Waals surface area contributed by atoms with E-state index in [0.717, 1.165) is 19.3 Å². The molecule has 1 amide bonds. The summed E-state index contributed by atoms with van der Waals surface area (Å²) in [5.41, 5.74) is 0. The fourth-order valence-electron chi connectivity index (χ4n) is 2.17. The van der Waals surface area contributed by atoms with Crippen LogP contribution >= 0.6 is 11.6 Å². The van der Waals surface area contributed by atoms with Crippen LogP contribution in [0, 0.1) is 11.8 Å². The SMILES string of the molecule is COCC(CCl)NC(=O)C1CCCC1C. The number of amides is 1. The zero-order valence-corrected chi connectivity index (χ0v) is 10.2. The van der Waals surface area contributed by atoms with Gasteiger partial charge in [0.2, 0.25) is 5.91 Å². The van der Waals surface area contributed by atoms with Crippen molar-refractivity contribution in [3.63, 3.8) is 0 Å².